The molecule has 2 heterocycles. The molecular formula is C36H46N4O4S. The normalized spacial score (nSPS) is 30.7. The van der Waals surface area contributed by atoms with Crippen LogP contribution in [0.2, 0.25) is 0 Å². The maximum Gasteiger partial charge on any atom is 0.242 e. The van der Waals surface area contributed by atoms with Crippen molar-refractivity contribution in [2.24, 2.45) is 17.8 Å². The molecule has 240 valence electrons. The van der Waals surface area contributed by atoms with Gasteiger partial charge in [-0.25, -0.2) is 0 Å². The van der Waals surface area contributed by atoms with Crippen LogP contribution in [0, 0.1) is 24.7 Å². The Labute approximate surface area is 272 Å². The second kappa shape index (κ2) is 14.4. The first kappa shape index (κ1) is 31.7. The molecule has 0 aromatic heterocycles. The van der Waals surface area contributed by atoms with Crippen LogP contribution in [0.5, 0.6) is 5.75 Å². The molecule has 7 atom stereocenters. The average Bonchev–Trinajstić information content (AvgIpc) is 3.69. The molecule has 45 heavy (non-hydrogen) atoms. The largest absolute Gasteiger partial charge is 0.494 e. The Kier molecular flexibility index (Phi) is 10.1. The first-order chi connectivity index (χ1) is 21.8. The molecule has 2 fully saturated rings. The van der Waals surface area contributed by atoms with Crippen LogP contribution in [0.3, 0.4) is 0 Å². The average molecular weight is 631 g/mol. The van der Waals surface area contributed by atoms with Gasteiger partial charge in [-0.15, -0.1) is 0 Å². The number of hydrogen-bond acceptors (Lipinski definition) is 6. The zero-order valence-corrected chi connectivity index (χ0v) is 27.0. The second-order valence-electron chi connectivity index (χ2n) is 13.3. The van der Waals surface area contributed by atoms with E-state index in [1.807, 2.05) is 60.4 Å². The number of amides is 3. The third-order valence-electron chi connectivity index (χ3n) is 10.1. The van der Waals surface area contributed by atoms with E-state index < -0.39 is 17.3 Å². The van der Waals surface area contributed by atoms with Gasteiger partial charge in [0.15, 0.2) is 0 Å². The van der Waals surface area contributed by atoms with Crippen molar-refractivity contribution in [3.63, 3.8) is 0 Å². The van der Waals surface area contributed by atoms with Crippen molar-refractivity contribution in [3.8, 4) is 5.75 Å². The van der Waals surface area contributed by atoms with Gasteiger partial charge in [0.2, 0.25) is 17.7 Å². The first-order valence-corrected chi connectivity index (χ1v) is 17.1. The van der Waals surface area contributed by atoms with E-state index in [0.717, 1.165) is 54.5 Å². The zero-order chi connectivity index (χ0) is 31.3. The molecule has 8 nitrogen and oxygen atoms in total. The maximum atomic E-state index is 14.2. The van der Waals surface area contributed by atoms with E-state index in [9.17, 15) is 14.4 Å². The molecule has 3 N–H and O–H groups in total. The molecule has 6 bridgehead atoms. The fourth-order valence-electron chi connectivity index (χ4n) is 7.41. The number of allylic oxidation sites excluding steroid dienone is 1. The van der Waals surface area contributed by atoms with Crippen molar-refractivity contribution in [2.45, 2.75) is 81.8 Å². The number of hydrogen-bond donors (Lipinski definition) is 4. The summed E-state index contributed by atoms with van der Waals surface area (Å²) >= 11 is 4.84. The number of carbonyl (C=O) groups is 3. The third-order valence-corrected chi connectivity index (χ3v) is 10.6. The molecule has 1 saturated carbocycles. The number of piperidine rings is 1. The fourth-order valence-corrected chi connectivity index (χ4v) is 7.79. The van der Waals surface area contributed by atoms with Gasteiger partial charge in [0.1, 0.15) is 23.1 Å². The summed E-state index contributed by atoms with van der Waals surface area (Å²) in [6.07, 6.45) is 10.3. The zero-order valence-electron chi connectivity index (χ0n) is 26.1. The molecule has 2 aliphatic heterocycles. The number of nitrogens with one attached hydrogen (secondary N) is 3. The lowest BCUT2D eigenvalue weighted by atomic mass is 9.94. The minimum Gasteiger partial charge on any atom is -0.494 e. The summed E-state index contributed by atoms with van der Waals surface area (Å²) < 4.78 is 6.15. The summed E-state index contributed by atoms with van der Waals surface area (Å²) in [6.45, 7) is 4.18. The van der Waals surface area contributed by atoms with E-state index in [-0.39, 0.29) is 23.8 Å². The van der Waals surface area contributed by atoms with Gasteiger partial charge in [-0.05, 0) is 98.4 Å². The van der Waals surface area contributed by atoms with Crippen LogP contribution in [-0.4, -0.2) is 65.7 Å². The topological polar surface area (TPSA) is 99.8 Å². The Hall–Kier alpha value is -3.30. The maximum absolute atomic E-state index is 14.2. The Bertz CT molecular complexity index is 1400. The van der Waals surface area contributed by atoms with Gasteiger partial charge in [-0.2, -0.15) is 12.6 Å². The minimum atomic E-state index is -0.873. The Morgan fingerprint density at radius 2 is 1.87 bits per heavy atom. The SMILES string of the molecule is Cc1ccc2cc1CNC(=O)[C@H](CCc1ccccc1)NC(=O)[C@@H](NC1CC3C=CC1C3)C(S)C(=O)N1CCCC(CCO2)C1. The van der Waals surface area contributed by atoms with Gasteiger partial charge in [-0.1, -0.05) is 48.6 Å². The number of fused-ring (bicyclic) bond motifs is 6. The molecule has 2 aromatic rings. The smallest absolute Gasteiger partial charge is 0.242 e. The molecular weight excluding hydrogens is 584 g/mol. The number of benzene rings is 2. The van der Waals surface area contributed by atoms with Crippen molar-refractivity contribution < 1.29 is 19.1 Å². The molecule has 0 radical (unpaired) electrons. The van der Waals surface area contributed by atoms with E-state index >= 15 is 0 Å². The summed E-state index contributed by atoms with van der Waals surface area (Å²) in [5.41, 5.74) is 3.12. The fraction of sp³-hybridized carbons (Fsp3) is 0.528. The van der Waals surface area contributed by atoms with E-state index in [1.54, 1.807) is 0 Å². The number of nitrogens with zero attached hydrogens (tertiary/aromatic N) is 1. The van der Waals surface area contributed by atoms with Gasteiger partial charge in [-0.3, -0.25) is 14.4 Å². The van der Waals surface area contributed by atoms with Crippen molar-refractivity contribution in [1.29, 1.82) is 0 Å². The highest BCUT2D eigenvalue weighted by Gasteiger charge is 2.42. The van der Waals surface area contributed by atoms with E-state index in [1.165, 1.54) is 0 Å². The summed E-state index contributed by atoms with van der Waals surface area (Å²) in [7, 11) is 0. The molecule has 0 spiro atoms. The predicted molar refractivity (Wildman–Crippen MR) is 178 cm³/mol. The van der Waals surface area contributed by atoms with Crippen molar-refractivity contribution >= 4 is 30.4 Å². The van der Waals surface area contributed by atoms with E-state index in [2.05, 4.69) is 28.1 Å². The van der Waals surface area contributed by atoms with Crippen molar-refractivity contribution in [1.82, 2.24) is 20.9 Å². The standard InChI is InChI=1S/C36H46N4O4S/c1-23-9-13-29-20-28(23)21-37-34(41)30(14-11-24-6-3-2-4-7-24)39-35(42)32(38-31-19-26-10-12-27(31)18-26)33(45)36(43)40-16-5-8-25(22-40)15-17-44-29/h2-4,6-7,9-10,12-13,20,25-27,30-33,38,45H,5,8,11,14-19,21-22H2,1H3,(H,37,41)(H,39,42)/t25?,26?,27?,30-,31?,32-,33?/m0/s1. The lowest BCUT2D eigenvalue weighted by molar-refractivity contribution is -0.136. The van der Waals surface area contributed by atoms with Crippen LogP contribution in [-0.2, 0) is 27.3 Å². The molecule has 1 saturated heterocycles. The summed E-state index contributed by atoms with van der Waals surface area (Å²) in [5.74, 6) is 1.18. The first-order valence-electron chi connectivity index (χ1n) is 16.6. The van der Waals surface area contributed by atoms with Gasteiger partial charge >= 0.3 is 0 Å². The van der Waals surface area contributed by atoms with Crippen molar-refractivity contribution in [3.05, 3.63) is 77.4 Å². The van der Waals surface area contributed by atoms with Crippen LogP contribution in [0.1, 0.15) is 55.2 Å². The van der Waals surface area contributed by atoms with E-state index in [0.29, 0.717) is 56.8 Å². The highest BCUT2D eigenvalue weighted by atomic mass is 32.1. The van der Waals surface area contributed by atoms with Crippen molar-refractivity contribution in [2.75, 3.05) is 19.7 Å². The minimum absolute atomic E-state index is 0.0918. The Balaban J connectivity index is 1.28. The molecule has 9 heteroatoms. The Morgan fingerprint density at radius 3 is 2.64 bits per heavy atom. The highest BCUT2D eigenvalue weighted by Crippen LogP contribution is 2.39. The van der Waals surface area contributed by atoms with Gasteiger partial charge in [0.25, 0.3) is 0 Å². The van der Waals surface area contributed by atoms with E-state index in [4.69, 9.17) is 17.4 Å². The summed E-state index contributed by atoms with van der Waals surface area (Å²) in [6, 6.07) is 14.4. The Morgan fingerprint density at radius 1 is 1.02 bits per heavy atom. The predicted octanol–water partition coefficient (Wildman–Crippen LogP) is 3.97. The van der Waals surface area contributed by atoms with Gasteiger partial charge in [0, 0.05) is 25.7 Å². The number of rotatable bonds is 5. The molecule has 2 aromatic carbocycles. The van der Waals surface area contributed by atoms with Gasteiger partial charge < -0.3 is 25.6 Å². The van der Waals surface area contributed by atoms with Crippen LogP contribution in [0.25, 0.3) is 0 Å². The van der Waals surface area contributed by atoms with Crippen LogP contribution in [0.4, 0.5) is 0 Å². The number of carbonyl (C=O) groups excluding carboxylic acids is 3. The monoisotopic (exact) mass is 630 g/mol. The summed E-state index contributed by atoms with van der Waals surface area (Å²) in [4.78, 5) is 43.8. The number of thiol groups is 1. The third kappa shape index (κ3) is 7.75. The van der Waals surface area contributed by atoms with Crippen LogP contribution >= 0.6 is 12.6 Å². The second-order valence-corrected chi connectivity index (χ2v) is 13.9. The van der Waals surface area contributed by atoms with Crippen LogP contribution in [0.15, 0.2) is 60.7 Å². The van der Waals surface area contributed by atoms with Gasteiger partial charge in [0.05, 0.1) is 6.61 Å². The molecule has 3 amide bonds. The van der Waals surface area contributed by atoms with Crippen LogP contribution < -0.4 is 20.7 Å². The quantitative estimate of drug-likeness (QED) is 0.296. The number of ether oxygens (including phenoxy) is 1. The lowest BCUT2D eigenvalue weighted by Gasteiger charge is -2.37. The lowest BCUT2D eigenvalue weighted by Crippen LogP contribution is -2.61. The molecule has 2 aliphatic carbocycles. The molecule has 6 rings (SSSR count). The molecule has 4 aliphatic rings. The summed E-state index contributed by atoms with van der Waals surface area (Å²) in [5, 5.41) is 8.82. The highest BCUT2D eigenvalue weighted by molar-refractivity contribution is 7.82. The molecule has 5 unspecified atom stereocenters. The number of aryl methyl sites for hydroxylation is 2.